The number of anilines is 3. The molecule has 4 rings (SSSR count). The fourth-order valence-electron chi connectivity index (χ4n) is 3.89. The fraction of sp³-hybridized carbons (Fsp3) is 0.409. The number of pyridine rings is 1. The average Bonchev–Trinajstić information content (AvgIpc) is 3.16. The van der Waals surface area contributed by atoms with E-state index in [1.165, 1.54) is 0 Å². The van der Waals surface area contributed by atoms with Crippen molar-refractivity contribution in [1.82, 2.24) is 4.98 Å². The number of para-hydroxylation sites is 1. The van der Waals surface area contributed by atoms with Gasteiger partial charge in [-0.1, -0.05) is 25.1 Å². The summed E-state index contributed by atoms with van der Waals surface area (Å²) in [4.78, 5) is 33.6. The minimum Gasteiger partial charge on any atom is -0.378 e. The maximum atomic E-state index is 12.7. The molecular weight excluding hydrogens is 368 g/mol. The van der Waals surface area contributed by atoms with Gasteiger partial charge in [0.2, 0.25) is 11.8 Å². The molecule has 2 fully saturated rings. The first kappa shape index (κ1) is 19.4. The molecule has 0 spiro atoms. The molecule has 152 valence electrons. The van der Waals surface area contributed by atoms with E-state index in [4.69, 9.17) is 4.74 Å². The molecule has 2 aromatic rings. The minimum atomic E-state index is -0.381. The summed E-state index contributed by atoms with van der Waals surface area (Å²) in [5.41, 5.74) is 3.04. The van der Waals surface area contributed by atoms with E-state index >= 15 is 0 Å². The van der Waals surface area contributed by atoms with Gasteiger partial charge in [0.25, 0.3) is 0 Å². The van der Waals surface area contributed by atoms with E-state index in [9.17, 15) is 9.59 Å². The smallest absolute Gasteiger partial charge is 0.230 e. The van der Waals surface area contributed by atoms with Gasteiger partial charge in [0, 0.05) is 31.7 Å². The number of hydrogen-bond acceptors (Lipinski definition) is 5. The molecule has 0 radical (unpaired) electrons. The Balaban J connectivity index is 1.39. The Kier molecular flexibility index (Phi) is 5.76. The monoisotopic (exact) mass is 394 g/mol. The third-order valence-electron chi connectivity index (χ3n) is 5.53. The maximum Gasteiger partial charge on any atom is 0.230 e. The van der Waals surface area contributed by atoms with Crippen LogP contribution in [0.5, 0.6) is 0 Å². The molecule has 0 saturated carbocycles. The van der Waals surface area contributed by atoms with Crippen LogP contribution in [0, 0.1) is 5.92 Å². The summed E-state index contributed by atoms with van der Waals surface area (Å²) in [6.07, 6.45) is 2.83. The van der Waals surface area contributed by atoms with Gasteiger partial charge in [0.1, 0.15) is 5.82 Å². The van der Waals surface area contributed by atoms with Crippen LogP contribution >= 0.6 is 0 Å². The molecule has 29 heavy (non-hydrogen) atoms. The Labute approximate surface area is 170 Å². The van der Waals surface area contributed by atoms with Crippen molar-refractivity contribution in [1.29, 1.82) is 0 Å². The van der Waals surface area contributed by atoms with Gasteiger partial charge in [-0.05, 0) is 30.2 Å². The molecule has 1 aromatic carbocycles. The number of benzene rings is 1. The number of aromatic nitrogens is 1. The molecule has 1 N–H and O–H groups in total. The summed E-state index contributed by atoms with van der Waals surface area (Å²) in [5, 5.41) is 2.86. The second-order valence-electron chi connectivity index (χ2n) is 7.38. The van der Waals surface area contributed by atoms with Crippen molar-refractivity contribution in [2.75, 3.05) is 48.0 Å². The van der Waals surface area contributed by atoms with E-state index in [-0.39, 0.29) is 24.2 Å². The second kappa shape index (κ2) is 8.61. The lowest BCUT2D eigenvalue weighted by Gasteiger charge is -2.28. The topological polar surface area (TPSA) is 74.8 Å². The largest absolute Gasteiger partial charge is 0.378 e. The zero-order chi connectivity index (χ0) is 20.2. The molecule has 0 aliphatic carbocycles. The van der Waals surface area contributed by atoms with Crippen LogP contribution in [-0.2, 0) is 20.7 Å². The Hall–Kier alpha value is -2.93. The number of morpholine rings is 1. The van der Waals surface area contributed by atoms with Gasteiger partial charge in [-0.15, -0.1) is 0 Å². The highest BCUT2D eigenvalue weighted by Gasteiger charge is 2.35. The molecule has 7 nitrogen and oxygen atoms in total. The first-order chi connectivity index (χ1) is 14.2. The lowest BCUT2D eigenvalue weighted by Crippen LogP contribution is -2.36. The number of carbonyl (C=O) groups is 2. The standard InChI is InChI=1S/C22H26N4O3/c1-2-16-5-3-4-6-19(16)26-15-17(13-21(26)27)22(28)24-20-8-7-18(14-23-20)25-9-11-29-12-10-25/h3-8,14,17H,2,9-13,15H2,1H3,(H,23,24,28). The number of rotatable bonds is 5. The zero-order valence-electron chi connectivity index (χ0n) is 16.6. The van der Waals surface area contributed by atoms with Gasteiger partial charge in [0.05, 0.1) is 31.0 Å². The molecule has 2 amide bonds. The number of ether oxygens (including phenoxy) is 1. The number of hydrogen-bond donors (Lipinski definition) is 1. The summed E-state index contributed by atoms with van der Waals surface area (Å²) >= 11 is 0. The summed E-state index contributed by atoms with van der Waals surface area (Å²) in [6, 6.07) is 11.6. The van der Waals surface area contributed by atoms with Crippen LogP contribution in [0.1, 0.15) is 18.9 Å². The Morgan fingerprint density at radius 2 is 2.00 bits per heavy atom. The molecule has 2 aliphatic heterocycles. The van der Waals surface area contributed by atoms with Gasteiger partial charge in [-0.2, -0.15) is 0 Å². The highest BCUT2D eigenvalue weighted by atomic mass is 16.5. The Morgan fingerprint density at radius 3 is 2.72 bits per heavy atom. The van der Waals surface area contributed by atoms with Crippen LogP contribution < -0.4 is 15.1 Å². The number of carbonyl (C=O) groups excluding carboxylic acids is 2. The lowest BCUT2D eigenvalue weighted by atomic mass is 10.1. The van der Waals surface area contributed by atoms with Gasteiger partial charge >= 0.3 is 0 Å². The second-order valence-corrected chi connectivity index (χ2v) is 7.38. The van der Waals surface area contributed by atoms with Crippen LogP contribution in [0.3, 0.4) is 0 Å². The predicted molar refractivity (Wildman–Crippen MR) is 112 cm³/mol. The summed E-state index contributed by atoms with van der Waals surface area (Å²) < 4.78 is 5.37. The first-order valence-corrected chi connectivity index (χ1v) is 10.1. The molecule has 1 atom stereocenters. The molecule has 2 aliphatic rings. The molecule has 2 saturated heterocycles. The third kappa shape index (κ3) is 4.24. The van der Waals surface area contributed by atoms with Crippen molar-refractivity contribution in [3.05, 3.63) is 48.2 Å². The van der Waals surface area contributed by atoms with E-state index in [1.54, 1.807) is 11.1 Å². The number of amides is 2. The van der Waals surface area contributed by atoms with Crippen molar-refractivity contribution >= 4 is 29.0 Å². The molecular formula is C22H26N4O3. The SMILES string of the molecule is CCc1ccccc1N1CC(C(=O)Nc2ccc(N3CCOCC3)cn2)CC1=O. The number of nitrogens with one attached hydrogen (secondary N) is 1. The van der Waals surface area contributed by atoms with Crippen LogP contribution in [0.15, 0.2) is 42.6 Å². The fourth-order valence-corrected chi connectivity index (χ4v) is 3.89. The van der Waals surface area contributed by atoms with Crippen molar-refractivity contribution < 1.29 is 14.3 Å². The summed E-state index contributed by atoms with van der Waals surface area (Å²) in [6.45, 7) is 5.57. The van der Waals surface area contributed by atoms with Crippen molar-refractivity contribution in [2.24, 2.45) is 5.92 Å². The average molecular weight is 394 g/mol. The van der Waals surface area contributed by atoms with E-state index < -0.39 is 0 Å². The van der Waals surface area contributed by atoms with Crippen molar-refractivity contribution in [3.8, 4) is 0 Å². The Morgan fingerprint density at radius 1 is 1.21 bits per heavy atom. The zero-order valence-corrected chi connectivity index (χ0v) is 16.6. The highest BCUT2D eigenvalue weighted by molar-refractivity contribution is 6.03. The molecule has 7 heteroatoms. The van der Waals surface area contributed by atoms with Crippen LogP contribution in [0.25, 0.3) is 0 Å². The Bertz CT molecular complexity index is 878. The quantitative estimate of drug-likeness (QED) is 0.843. The molecule has 1 unspecified atom stereocenters. The number of nitrogens with zero attached hydrogens (tertiary/aromatic N) is 3. The van der Waals surface area contributed by atoms with E-state index in [2.05, 4.69) is 22.1 Å². The van der Waals surface area contributed by atoms with Gasteiger partial charge in [-0.3, -0.25) is 9.59 Å². The summed E-state index contributed by atoms with van der Waals surface area (Å²) in [5.74, 6) is -0.0527. The first-order valence-electron chi connectivity index (χ1n) is 10.1. The number of aryl methyl sites for hydroxylation is 1. The van der Waals surface area contributed by atoms with Crippen LogP contribution in [-0.4, -0.2) is 49.6 Å². The predicted octanol–water partition coefficient (Wildman–Crippen LogP) is 2.47. The molecule has 1 aromatic heterocycles. The molecule has 0 bridgehead atoms. The lowest BCUT2D eigenvalue weighted by molar-refractivity contribution is -0.122. The maximum absolute atomic E-state index is 12.7. The van der Waals surface area contributed by atoms with E-state index in [0.29, 0.717) is 25.6 Å². The van der Waals surface area contributed by atoms with Gasteiger partial charge < -0.3 is 19.9 Å². The normalized spacial score (nSPS) is 19.5. The van der Waals surface area contributed by atoms with Crippen molar-refractivity contribution in [2.45, 2.75) is 19.8 Å². The van der Waals surface area contributed by atoms with E-state index in [0.717, 1.165) is 36.4 Å². The van der Waals surface area contributed by atoms with Crippen LogP contribution in [0.4, 0.5) is 17.2 Å². The van der Waals surface area contributed by atoms with E-state index in [1.807, 2.05) is 36.4 Å². The van der Waals surface area contributed by atoms with Crippen LogP contribution in [0.2, 0.25) is 0 Å². The van der Waals surface area contributed by atoms with Gasteiger partial charge in [-0.25, -0.2) is 4.98 Å². The minimum absolute atomic E-state index is 0.0123. The van der Waals surface area contributed by atoms with Gasteiger partial charge in [0.15, 0.2) is 0 Å². The van der Waals surface area contributed by atoms with Crippen molar-refractivity contribution in [3.63, 3.8) is 0 Å². The molecule has 3 heterocycles. The third-order valence-corrected chi connectivity index (χ3v) is 5.53. The highest BCUT2D eigenvalue weighted by Crippen LogP contribution is 2.29. The summed E-state index contributed by atoms with van der Waals surface area (Å²) in [7, 11) is 0.